The summed E-state index contributed by atoms with van der Waals surface area (Å²) in [5, 5.41) is 2.23. The fraction of sp³-hybridized carbons (Fsp3) is 0.0800. The molecule has 0 aliphatic heterocycles. The van der Waals surface area contributed by atoms with Gasteiger partial charge < -0.3 is 0 Å². The Morgan fingerprint density at radius 2 is 1.19 bits per heavy atom. The summed E-state index contributed by atoms with van der Waals surface area (Å²) in [6, 6.07) is 30.3. The number of pyridine rings is 1. The molecule has 0 amide bonds. The van der Waals surface area contributed by atoms with E-state index in [-0.39, 0.29) is 13.1 Å². The van der Waals surface area contributed by atoms with E-state index in [1.807, 2.05) is 86.6 Å². The Bertz CT molecular complexity index is 1190. The molecule has 3 aromatic carbocycles. The third kappa shape index (κ3) is 6.49. The van der Waals surface area contributed by atoms with E-state index >= 15 is 0 Å². The third-order valence-corrected chi connectivity index (χ3v) is 4.56. The zero-order chi connectivity index (χ0) is 22.1. The van der Waals surface area contributed by atoms with Gasteiger partial charge in [-0.2, -0.15) is 0 Å². The molecule has 0 saturated carbocycles. The summed E-state index contributed by atoms with van der Waals surface area (Å²) < 4.78 is 0. The van der Waals surface area contributed by atoms with E-state index in [1.165, 1.54) is 0 Å². The van der Waals surface area contributed by atoms with Crippen LogP contribution in [0.25, 0.3) is 10.8 Å². The van der Waals surface area contributed by atoms with Crippen molar-refractivity contribution in [3.05, 3.63) is 102 Å². The second kappa shape index (κ2) is 11.8. The number of aromatic nitrogens is 1. The van der Waals surface area contributed by atoms with E-state index in [0.717, 1.165) is 45.0 Å². The number of aliphatic imine (C=N–C) groups is 2. The first kappa shape index (κ1) is 23.2. The van der Waals surface area contributed by atoms with Gasteiger partial charge in [0, 0.05) is 5.39 Å². The van der Waals surface area contributed by atoms with Crippen LogP contribution in [0, 0.1) is 0 Å². The molecule has 0 spiro atoms. The summed E-state index contributed by atoms with van der Waals surface area (Å²) in [7, 11) is 9.53. The van der Waals surface area contributed by atoms with Crippen molar-refractivity contribution in [3.8, 4) is 0 Å². The van der Waals surface area contributed by atoms with Crippen LogP contribution in [-0.2, 0) is 13.1 Å². The van der Waals surface area contributed by atoms with Crippen LogP contribution >= 0.6 is 20.2 Å². The van der Waals surface area contributed by atoms with Crippen molar-refractivity contribution in [2.45, 2.75) is 13.8 Å². The number of fused-ring (bicyclic) bond motifs is 1. The molecule has 0 bridgehead atoms. The van der Waals surface area contributed by atoms with Gasteiger partial charge in [0.15, 0.2) is 0 Å². The number of rotatable bonds is 4. The fourth-order valence-electron chi connectivity index (χ4n) is 3.16. The summed E-state index contributed by atoms with van der Waals surface area (Å²) in [5.74, 6) is 0. The third-order valence-electron chi connectivity index (χ3n) is 4.56. The van der Waals surface area contributed by atoms with Gasteiger partial charge in [-0.25, -0.2) is 4.98 Å². The molecule has 0 aliphatic carbocycles. The summed E-state index contributed by atoms with van der Waals surface area (Å²) in [4.78, 5) is 14.4. The van der Waals surface area contributed by atoms with Crippen LogP contribution in [0.4, 0.5) is 11.4 Å². The molecule has 1 heterocycles. The van der Waals surface area contributed by atoms with Crippen molar-refractivity contribution in [2.75, 3.05) is 0 Å². The van der Waals surface area contributed by atoms with E-state index in [1.54, 1.807) is 0 Å². The van der Waals surface area contributed by atoms with E-state index < -0.39 is 0 Å². The van der Waals surface area contributed by atoms with Gasteiger partial charge in [0.25, 0.3) is 0 Å². The number of benzene rings is 3. The summed E-state index contributed by atoms with van der Waals surface area (Å²) in [6.45, 7) is 4.01. The van der Waals surface area contributed by atoms with Crippen molar-refractivity contribution >= 4 is 53.8 Å². The molecule has 0 N–H and O–H groups in total. The summed E-state index contributed by atoms with van der Waals surface area (Å²) in [6.07, 6.45) is 0. The minimum atomic E-state index is 0.194. The molecule has 4 aromatic rings. The molecule has 158 valence electrons. The quantitative estimate of drug-likeness (QED) is 0.212. The molecule has 31 heavy (non-hydrogen) atoms. The number of halogens is 2. The number of para-hydroxylation sites is 2. The van der Waals surface area contributed by atoms with Gasteiger partial charge in [0.1, 0.15) is 0 Å². The van der Waals surface area contributed by atoms with Crippen LogP contribution < -0.4 is 0 Å². The van der Waals surface area contributed by atoms with Crippen molar-refractivity contribution in [1.29, 1.82) is 0 Å². The monoisotopic (exact) mass is 489 g/mol. The maximum absolute atomic E-state index is 4.93. The zero-order valence-electron chi connectivity index (χ0n) is 17.1. The number of hydrogen-bond donors (Lipinski definition) is 0. The Labute approximate surface area is 197 Å². The first-order valence-corrected chi connectivity index (χ1v) is 12.6. The molecule has 0 saturated heterocycles. The average Bonchev–Trinajstić information content (AvgIpc) is 2.80. The molecular formula is C25H21Cl2FeN3. The normalized spacial score (nSPS) is 11.9. The van der Waals surface area contributed by atoms with Gasteiger partial charge in [0.05, 0.1) is 34.2 Å². The molecule has 4 rings (SSSR count). The topological polar surface area (TPSA) is 37.6 Å². The minimum absolute atomic E-state index is 0.194. The predicted molar refractivity (Wildman–Crippen MR) is 130 cm³/mol. The van der Waals surface area contributed by atoms with Gasteiger partial charge in [0.2, 0.25) is 0 Å². The predicted octanol–water partition coefficient (Wildman–Crippen LogP) is 7.89. The Balaban J connectivity index is 0.000000858. The van der Waals surface area contributed by atoms with Gasteiger partial charge in [-0.1, -0.05) is 60.7 Å². The van der Waals surface area contributed by atoms with E-state index in [2.05, 4.69) is 18.2 Å². The number of hydrogen-bond acceptors (Lipinski definition) is 3. The Morgan fingerprint density at radius 3 is 1.77 bits per heavy atom. The van der Waals surface area contributed by atoms with E-state index in [9.17, 15) is 0 Å². The molecule has 0 aliphatic rings. The summed E-state index contributed by atoms with van der Waals surface area (Å²) in [5.41, 5.74) is 5.36. The van der Waals surface area contributed by atoms with Gasteiger partial charge >= 0.3 is 33.3 Å². The van der Waals surface area contributed by atoms with Gasteiger partial charge in [-0.3, -0.25) is 9.98 Å². The molecule has 0 atom stereocenters. The SMILES string of the molecule is CC(=Nc1ccccc1)c1cc2ccccc2c(C(C)=Nc2ccccc2)n1.[Cl][Fe][Cl]. The van der Waals surface area contributed by atoms with Crippen LogP contribution in [0.3, 0.4) is 0 Å². The first-order chi connectivity index (χ1) is 15.1. The van der Waals surface area contributed by atoms with Crippen LogP contribution in [0.15, 0.2) is 101 Å². The standard InChI is InChI=1S/C25H21N3.2ClH.Fe/c1-18(26-21-12-5-3-6-13-21)24-17-20-11-9-10-16-23(20)25(28-24)19(2)27-22-14-7-4-8-15-22;;;/h3-17H,1-2H3;2*1H;/q;;;+2/p-2. The second-order valence-electron chi connectivity index (χ2n) is 6.69. The first-order valence-electron chi connectivity index (χ1n) is 9.58. The van der Waals surface area contributed by atoms with Crippen LogP contribution in [-0.4, -0.2) is 16.4 Å². The van der Waals surface area contributed by atoms with Crippen molar-refractivity contribution in [3.63, 3.8) is 0 Å². The molecular weight excluding hydrogens is 469 g/mol. The zero-order valence-corrected chi connectivity index (χ0v) is 19.7. The Hall–Kier alpha value is -2.49. The van der Waals surface area contributed by atoms with Crippen LogP contribution in [0.5, 0.6) is 0 Å². The fourth-order valence-corrected chi connectivity index (χ4v) is 3.16. The Kier molecular flexibility index (Phi) is 8.81. The Morgan fingerprint density at radius 1 is 0.710 bits per heavy atom. The second-order valence-corrected chi connectivity index (χ2v) is 8.52. The van der Waals surface area contributed by atoms with Gasteiger partial charge in [-0.05, 0) is 49.6 Å². The number of nitrogens with zero attached hydrogens (tertiary/aromatic N) is 3. The average molecular weight is 490 g/mol. The molecule has 0 fully saturated rings. The summed E-state index contributed by atoms with van der Waals surface area (Å²) >= 11 is 0.194. The van der Waals surface area contributed by atoms with Crippen molar-refractivity contribution in [1.82, 2.24) is 4.98 Å². The molecule has 6 heteroatoms. The van der Waals surface area contributed by atoms with E-state index in [4.69, 9.17) is 35.2 Å². The molecule has 0 radical (unpaired) electrons. The van der Waals surface area contributed by atoms with Crippen LogP contribution in [0.2, 0.25) is 0 Å². The van der Waals surface area contributed by atoms with Gasteiger partial charge in [-0.15, -0.1) is 0 Å². The van der Waals surface area contributed by atoms with Crippen molar-refractivity contribution in [2.24, 2.45) is 9.98 Å². The maximum atomic E-state index is 4.93. The van der Waals surface area contributed by atoms with E-state index in [0.29, 0.717) is 0 Å². The molecule has 3 nitrogen and oxygen atoms in total. The van der Waals surface area contributed by atoms with Crippen LogP contribution in [0.1, 0.15) is 25.2 Å². The molecule has 1 aromatic heterocycles. The van der Waals surface area contributed by atoms with Crippen molar-refractivity contribution < 1.29 is 13.1 Å². The molecule has 0 unspecified atom stereocenters.